The second-order valence-corrected chi connectivity index (χ2v) is 9.98. The highest BCUT2D eigenvalue weighted by Gasteiger charge is 2.35. The molecule has 1 heterocycles. The van der Waals surface area contributed by atoms with E-state index in [0.29, 0.717) is 26.9 Å². The molecule has 0 aliphatic carbocycles. The van der Waals surface area contributed by atoms with Crippen molar-refractivity contribution in [3.63, 3.8) is 0 Å². The van der Waals surface area contributed by atoms with Crippen LogP contribution in [0, 0.1) is 20.2 Å². The highest BCUT2D eigenvalue weighted by atomic mass is 79.9. The van der Waals surface area contributed by atoms with Crippen LogP contribution in [0.3, 0.4) is 0 Å². The lowest BCUT2D eigenvalue weighted by Gasteiger charge is -2.12. The number of carbonyl (C=O) groups excluding carboxylic acids is 2. The van der Waals surface area contributed by atoms with Crippen LogP contribution in [0.4, 0.5) is 16.2 Å². The Morgan fingerprint density at radius 3 is 2.32 bits per heavy atom. The number of halogens is 2. The molecule has 0 bridgehead atoms. The monoisotopic (exact) mass is 603 g/mol. The van der Waals surface area contributed by atoms with Crippen molar-refractivity contribution >= 4 is 67.9 Å². The maximum atomic E-state index is 12.9. The van der Waals surface area contributed by atoms with Gasteiger partial charge in [0.2, 0.25) is 0 Å². The summed E-state index contributed by atoms with van der Waals surface area (Å²) >= 11 is 10.6. The number of nitro benzene ring substituents is 2. The molecule has 188 valence electrons. The molecular formula is C24H15BrClN3O7S. The number of carbonyl (C=O) groups is 2. The number of nitro groups is 2. The van der Waals surface area contributed by atoms with Gasteiger partial charge in [-0.15, -0.1) is 0 Å². The van der Waals surface area contributed by atoms with Gasteiger partial charge in [0.05, 0.1) is 30.8 Å². The van der Waals surface area contributed by atoms with Crippen LogP contribution in [0.1, 0.15) is 16.7 Å². The lowest BCUT2D eigenvalue weighted by atomic mass is 10.1. The van der Waals surface area contributed by atoms with Gasteiger partial charge in [-0.3, -0.25) is 34.7 Å². The predicted molar refractivity (Wildman–Crippen MR) is 141 cm³/mol. The van der Waals surface area contributed by atoms with Gasteiger partial charge < -0.3 is 4.74 Å². The van der Waals surface area contributed by atoms with Crippen molar-refractivity contribution in [3.05, 3.63) is 112 Å². The fourth-order valence-electron chi connectivity index (χ4n) is 3.41. The van der Waals surface area contributed by atoms with E-state index in [0.717, 1.165) is 16.7 Å². The van der Waals surface area contributed by atoms with Gasteiger partial charge in [0.25, 0.3) is 22.5 Å². The summed E-state index contributed by atoms with van der Waals surface area (Å²) in [5.41, 5.74) is 1.55. The van der Waals surface area contributed by atoms with Gasteiger partial charge in [-0.2, -0.15) is 0 Å². The molecule has 0 saturated carbocycles. The minimum Gasteiger partial charge on any atom is -0.486 e. The summed E-state index contributed by atoms with van der Waals surface area (Å²) in [5, 5.41) is 21.5. The van der Waals surface area contributed by atoms with Crippen LogP contribution in [0.15, 0.2) is 70.0 Å². The molecule has 1 fully saturated rings. The van der Waals surface area contributed by atoms with Crippen molar-refractivity contribution in [3.8, 4) is 5.75 Å². The maximum absolute atomic E-state index is 12.9. The lowest BCUT2D eigenvalue weighted by molar-refractivity contribution is -0.385. The zero-order valence-corrected chi connectivity index (χ0v) is 21.8. The molecule has 3 aromatic rings. The van der Waals surface area contributed by atoms with Gasteiger partial charge in [0.15, 0.2) is 5.75 Å². The molecular weight excluding hydrogens is 590 g/mol. The quantitative estimate of drug-likeness (QED) is 0.157. The van der Waals surface area contributed by atoms with Crippen molar-refractivity contribution in [2.24, 2.45) is 0 Å². The van der Waals surface area contributed by atoms with Crippen molar-refractivity contribution < 1.29 is 24.2 Å². The Bertz CT molecular complexity index is 1440. The Hall–Kier alpha value is -3.74. The molecule has 10 nitrogen and oxygen atoms in total. The van der Waals surface area contributed by atoms with E-state index in [1.54, 1.807) is 30.3 Å². The van der Waals surface area contributed by atoms with Crippen LogP contribution < -0.4 is 4.74 Å². The molecule has 0 aromatic heterocycles. The molecule has 0 N–H and O–H groups in total. The number of thioether (sulfide) groups is 1. The number of benzene rings is 3. The summed E-state index contributed by atoms with van der Waals surface area (Å²) in [7, 11) is 0. The summed E-state index contributed by atoms with van der Waals surface area (Å²) in [4.78, 5) is 47.3. The van der Waals surface area contributed by atoms with Crippen LogP contribution in [0.5, 0.6) is 5.75 Å². The predicted octanol–water partition coefficient (Wildman–Crippen LogP) is 6.73. The van der Waals surface area contributed by atoms with Gasteiger partial charge in [0.1, 0.15) is 6.61 Å². The third-order valence-corrected chi connectivity index (χ3v) is 6.96. The zero-order valence-electron chi connectivity index (χ0n) is 18.6. The van der Waals surface area contributed by atoms with Gasteiger partial charge in [-0.1, -0.05) is 23.7 Å². The summed E-state index contributed by atoms with van der Waals surface area (Å²) in [6.45, 7) is 0.0236. The molecule has 1 aliphatic rings. The zero-order chi connectivity index (χ0) is 26.7. The van der Waals surface area contributed by atoms with Gasteiger partial charge in [-0.05, 0) is 74.7 Å². The second kappa shape index (κ2) is 11.1. The van der Waals surface area contributed by atoms with Gasteiger partial charge in [0, 0.05) is 24.3 Å². The first-order chi connectivity index (χ1) is 17.6. The van der Waals surface area contributed by atoms with Crippen molar-refractivity contribution in [1.29, 1.82) is 0 Å². The number of imide groups is 1. The highest BCUT2D eigenvalue weighted by molar-refractivity contribution is 9.10. The van der Waals surface area contributed by atoms with E-state index in [1.807, 2.05) is 0 Å². The molecule has 2 amide bonds. The highest BCUT2D eigenvalue weighted by Crippen LogP contribution is 2.38. The van der Waals surface area contributed by atoms with Crippen molar-refractivity contribution in [1.82, 2.24) is 4.90 Å². The molecule has 4 rings (SSSR count). The van der Waals surface area contributed by atoms with E-state index >= 15 is 0 Å². The van der Waals surface area contributed by atoms with E-state index in [9.17, 15) is 29.8 Å². The molecule has 37 heavy (non-hydrogen) atoms. The largest absolute Gasteiger partial charge is 0.486 e. The van der Waals surface area contributed by atoms with Crippen LogP contribution in [0.2, 0.25) is 5.02 Å². The average molecular weight is 605 g/mol. The van der Waals surface area contributed by atoms with Gasteiger partial charge in [-0.25, -0.2) is 0 Å². The van der Waals surface area contributed by atoms with E-state index < -0.39 is 21.0 Å². The van der Waals surface area contributed by atoms with Crippen molar-refractivity contribution in [2.45, 2.75) is 13.2 Å². The molecule has 0 spiro atoms. The first-order valence-corrected chi connectivity index (χ1v) is 12.4. The Balaban J connectivity index is 1.47. The van der Waals surface area contributed by atoms with E-state index in [1.165, 1.54) is 36.4 Å². The molecule has 13 heteroatoms. The number of rotatable bonds is 8. The minimum absolute atomic E-state index is 0.0261. The fraction of sp³-hybridized carbons (Fsp3) is 0.0833. The summed E-state index contributed by atoms with van der Waals surface area (Å²) in [5.74, 6) is -0.178. The Labute approximate surface area is 227 Å². The van der Waals surface area contributed by atoms with E-state index in [4.69, 9.17) is 16.3 Å². The van der Waals surface area contributed by atoms with Crippen molar-refractivity contribution in [2.75, 3.05) is 0 Å². The first-order valence-electron chi connectivity index (χ1n) is 10.5. The third kappa shape index (κ3) is 6.16. The number of nitrogens with zero attached hydrogens (tertiary/aromatic N) is 3. The molecule has 3 aromatic carbocycles. The standard InChI is InChI=1S/C24H15BrClN3O7S/c25-19-9-16(10-20(26)22(19)36-13-14-4-6-17(7-5-14)28(32)33)11-21-23(30)27(24(31)37-21)12-15-2-1-3-18(8-15)29(34)35/h1-11H,12-13H2/b21-11+. The van der Waals surface area contributed by atoms with Crippen LogP contribution >= 0.6 is 39.3 Å². The molecule has 1 saturated heterocycles. The smallest absolute Gasteiger partial charge is 0.293 e. The van der Waals surface area contributed by atoms with Gasteiger partial charge >= 0.3 is 0 Å². The molecule has 0 unspecified atom stereocenters. The SMILES string of the molecule is O=C1S/C(=C/c2cc(Cl)c(OCc3ccc([N+](=O)[O-])cc3)c(Br)c2)C(=O)N1Cc1cccc([N+](=O)[O-])c1. The van der Waals surface area contributed by atoms with Crippen LogP contribution in [-0.4, -0.2) is 25.9 Å². The Morgan fingerprint density at radius 2 is 1.68 bits per heavy atom. The fourth-order valence-corrected chi connectivity index (χ4v) is 5.24. The second-order valence-electron chi connectivity index (χ2n) is 7.72. The number of hydrogen-bond donors (Lipinski definition) is 0. The molecule has 0 radical (unpaired) electrons. The van der Waals surface area contributed by atoms with E-state index in [2.05, 4.69) is 15.9 Å². The Kier molecular flexibility index (Phi) is 7.91. The maximum Gasteiger partial charge on any atom is 0.293 e. The first kappa shape index (κ1) is 26.3. The number of hydrogen-bond acceptors (Lipinski definition) is 8. The minimum atomic E-state index is -0.544. The normalized spacial score (nSPS) is 14.3. The average Bonchev–Trinajstić information content (AvgIpc) is 3.11. The lowest BCUT2D eigenvalue weighted by Crippen LogP contribution is -2.27. The summed E-state index contributed by atoms with van der Waals surface area (Å²) < 4.78 is 6.28. The molecule has 0 atom stereocenters. The number of non-ortho nitro benzene ring substituents is 2. The summed E-state index contributed by atoms with van der Waals surface area (Å²) in [6.07, 6.45) is 1.52. The number of ether oxygens (including phenoxy) is 1. The number of amides is 2. The third-order valence-electron chi connectivity index (χ3n) is 5.18. The van der Waals surface area contributed by atoms with E-state index in [-0.39, 0.29) is 34.5 Å². The summed E-state index contributed by atoms with van der Waals surface area (Å²) in [6, 6.07) is 14.9. The topological polar surface area (TPSA) is 133 Å². The van der Waals surface area contributed by atoms with Crippen LogP contribution in [-0.2, 0) is 17.9 Å². The van der Waals surface area contributed by atoms with Crippen LogP contribution in [0.25, 0.3) is 6.08 Å². The Morgan fingerprint density at radius 1 is 0.973 bits per heavy atom. The molecule has 1 aliphatic heterocycles.